The fraction of sp³-hybridized carbons (Fsp3) is 0.400. The van der Waals surface area contributed by atoms with Crippen LogP contribution in [0.4, 0.5) is 0 Å². The van der Waals surface area contributed by atoms with Crippen molar-refractivity contribution in [2.75, 3.05) is 0 Å². The molecule has 0 amide bonds. The summed E-state index contributed by atoms with van der Waals surface area (Å²) in [6, 6.07) is 0. The van der Waals surface area contributed by atoms with Crippen LogP contribution >= 0.6 is 0 Å². The van der Waals surface area contributed by atoms with Crippen LogP contribution in [-0.2, 0) is 0 Å². The van der Waals surface area contributed by atoms with Crippen molar-refractivity contribution in [3.63, 3.8) is 0 Å². The minimum atomic E-state index is -0.523. The van der Waals surface area contributed by atoms with Gasteiger partial charge in [0.25, 0.3) is 0 Å². The number of aliphatic hydroxyl groups is 1. The van der Waals surface area contributed by atoms with Crippen LogP contribution in [0.3, 0.4) is 0 Å². The predicted molar refractivity (Wildman–Crippen MR) is 25.1 cm³/mol. The number of hydrogen-bond acceptors (Lipinski definition) is 1. The first kappa shape index (κ1) is 5.70. The molecule has 2 radical (unpaired) electrons. The Labute approximate surface area is 38.3 Å². The Kier molecular flexibility index (Phi) is 2.77. The number of hydrogen-bond donors (Lipinski definition) is 1. The zero-order chi connectivity index (χ0) is 4.99. The van der Waals surface area contributed by atoms with E-state index in [2.05, 4.69) is 6.58 Å². The molecule has 0 aromatic heterocycles. The van der Waals surface area contributed by atoms with Gasteiger partial charge in [0.2, 0.25) is 0 Å². The van der Waals surface area contributed by atoms with Crippen LogP contribution in [0.15, 0.2) is 12.7 Å². The number of rotatable bonds is 2. The van der Waals surface area contributed by atoms with Gasteiger partial charge in [-0.3, -0.25) is 0 Å². The van der Waals surface area contributed by atoms with Gasteiger partial charge in [-0.15, -0.1) is 6.58 Å². The average Bonchev–Trinajstić information content (AvgIpc) is 1.65. The van der Waals surface area contributed by atoms with Crippen LogP contribution in [0.25, 0.3) is 0 Å². The van der Waals surface area contributed by atoms with Gasteiger partial charge in [-0.25, -0.2) is 0 Å². The monoisotopic (exact) mass is 84.1 g/mol. The molecule has 0 aliphatic heterocycles. The van der Waals surface area contributed by atoms with Crippen molar-refractivity contribution in [2.24, 2.45) is 0 Å². The van der Waals surface area contributed by atoms with E-state index in [1.807, 2.05) is 0 Å². The Morgan fingerprint density at radius 3 is 2.50 bits per heavy atom. The lowest BCUT2D eigenvalue weighted by Gasteiger charge is -1.93. The molecule has 0 rings (SSSR count). The zero-order valence-corrected chi connectivity index (χ0v) is 3.59. The van der Waals surface area contributed by atoms with Gasteiger partial charge in [-0.1, -0.05) is 6.08 Å². The van der Waals surface area contributed by atoms with Gasteiger partial charge in [0, 0.05) is 0 Å². The summed E-state index contributed by atoms with van der Waals surface area (Å²) in [6.07, 6.45) is 1.15. The smallest absolute Gasteiger partial charge is 0.0721 e. The van der Waals surface area contributed by atoms with E-state index in [-0.39, 0.29) is 6.42 Å². The van der Waals surface area contributed by atoms with Crippen molar-refractivity contribution in [1.29, 1.82) is 0 Å². The Balaban J connectivity index is 2.96. The second-order valence-electron chi connectivity index (χ2n) is 1.04. The summed E-state index contributed by atoms with van der Waals surface area (Å²) in [6.45, 7) is 8.26. The molecule has 6 heavy (non-hydrogen) atoms. The van der Waals surface area contributed by atoms with Crippen molar-refractivity contribution in [2.45, 2.75) is 12.5 Å². The van der Waals surface area contributed by atoms with E-state index in [1.54, 1.807) is 0 Å². The lowest BCUT2D eigenvalue weighted by atomic mass is 10.3. The van der Waals surface area contributed by atoms with Crippen LogP contribution in [0, 0.1) is 6.92 Å². The summed E-state index contributed by atoms with van der Waals surface area (Å²) in [5, 5.41) is 8.42. The van der Waals surface area contributed by atoms with Crippen molar-refractivity contribution in [3.8, 4) is 0 Å². The maximum atomic E-state index is 8.42. The summed E-state index contributed by atoms with van der Waals surface area (Å²) >= 11 is 0. The van der Waals surface area contributed by atoms with Crippen molar-refractivity contribution >= 4 is 0 Å². The van der Waals surface area contributed by atoms with Gasteiger partial charge in [-0.2, -0.15) is 0 Å². The molecule has 0 spiro atoms. The maximum absolute atomic E-state index is 8.42. The summed E-state index contributed by atoms with van der Waals surface area (Å²) in [4.78, 5) is 0. The predicted octanol–water partition coefficient (Wildman–Crippen LogP) is 0.634. The van der Waals surface area contributed by atoms with Crippen molar-refractivity contribution in [1.82, 2.24) is 0 Å². The standard InChI is InChI=1S/C5H8O/c1-3-5(6)4-2/h1,4-6H,2-3H2. The molecule has 0 saturated carbocycles. The lowest BCUT2D eigenvalue weighted by molar-refractivity contribution is 0.226. The van der Waals surface area contributed by atoms with E-state index in [0.29, 0.717) is 0 Å². The van der Waals surface area contributed by atoms with Crippen LogP contribution in [0.2, 0.25) is 0 Å². The maximum Gasteiger partial charge on any atom is 0.0721 e. The molecule has 1 nitrogen and oxygen atoms in total. The average molecular weight is 84.1 g/mol. The second kappa shape index (κ2) is 2.91. The fourth-order valence-electron chi connectivity index (χ4n) is 0.0962. The quantitative estimate of drug-likeness (QED) is 0.487. The molecule has 0 aromatic carbocycles. The Bertz CT molecular complexity index is 41.2. The largest absolute Gasteiger partial charge is 0.389 e. The van der Waals surface area contributed by atoms with Crippen LogP contribution in [-0.4, -0.2) is 11.2 Å². The molecule has 1 atom stereocenters. The van der Waals surface area contributed by atoms with E-state index >= 15 is 0 Å². The van der Waals surface area contributed by atoms with E-state index in [0.717, 1.165) is 0 Å². The highest BCUT2D eigenvalue weighted by Gasteiger charge is 1.86. The molecule has 0 bridgehead atoms. The minimum absolute atomic E-state index is 0.267. The van der Waals surface area contributed by atoms with Crippen LogP contribution < -0.4 is 0 Å². The fourth-order valence-corrected chi connectivity index (χ4v) is 0.0962. The minimum Gasteiger partial charge on any atom is -0.389 e. The van der Waals surface area contributed by atoms with Gasteiger partial charge in [0.1, 0.15) is 0 Å². The topological polar surface area (TPSA) is 20.2 Å². The third kappa shape index (κ3) is 1.97. The third-order valence-corrected chi connectivity index (χ3v) is 0.514. The van der Waals surface area contributed by atoms with E-state index in [4.69, 9.17) is 12.0 Å². The SMILES string of the molecule is [CH]CC(O)C=C. The molecule has 0 aromatic rings. The third-order valence-electron chi connectivity index (χ3n) is 0.514. The summed E-state index contributed by atoms with van der Waals surface area (Å²) in [7, 11) is 0. The lowest BCUT2D eigenvalue weighted by Crippen LogP contribution is -1.96. The highest BCUT2D eigenvalue weighted by Crippen LogP contribution is 1.85. The molecular formula is C5H8O. The zero-order valence-electron chi connectivity index (χ0n) is 3.59. The van der Waals surface area contributed by atoms with Gasteiger partial charge >= 0.3 is 0 Å². The normalized spacial score (nSPS) is 13.7. The highest BCUT2D eigenvalue weighted by atomic mass is 16.3. The molecule has 0 heterocycles. The van der Waals surface area contributed by atoms with Crippen LogP contribution in [0.5, 0.6) is 0 Å². The number of aliphatic hydroxyl groups excluding tert-OH is 1. The van der Waals surface area contributed by atoms with Crippen molar-refractivity contribution < 1.29 is 5.11 Å². The first-order valence-corrected chi connectivity index (χ1v) is 1.82. The second-order valence-corrected chi connectivity index (χ2v) is 1.04. The van der Waals surface area contributed by atoms with Gasteiger partial charge in [0.15, 0.2) is 0 Å². The summed E-state index contributed by atoms with van der Waals surface area (Å²) in [5.74, 6) is 0. The van der Waals surface area contributed by atoms with Gasteiger partial charge in [-0.05, 0) is 13.3 Å². The molecule has 34 valence electrons. The van der Waals surface area contributed by atoms with Crippen molar-refractivity contribution in [3.05, 3.63) is 19.6 Å². The van der Waals surface area contributed by atoms with E-state index in [1.165, 1.54) is 6.08 Å². The molecule has 1 heteroatoms. The van der Waals surface area contributed by atoms with E-state index < -0.39 is 6.10 Å². The molecule has 0 aliphatic carbocycles. The molecule has 0 saturated heterocycles. The Morgan fingerprint density at radius 2 is 2.50 bits per heavy atom. The molecule has 1 unspecified atom stereocenters. The summed E-state index contributed by atoms with van der Waals surface area (Å²) in [5.41, 5.74) is 0. The van der Waals surface area contributed by atoms with Crippen LogP contribution in [0.1, 0.15) is 6.42 Å². The molecule has 0 aliphatic rings. The Morgan fingerprint density at radius 1 is 2.00 bits per heavy atom. The Hall–Kier alpha value is -0.300. The van der Waals surface area contributed by atoms with E-state index in [9.17, 15) is 0 Å². The molecule has 1 N–H and O–H groups in total. The summed E-state index contributed by atoms with van der Waals surface area (Å²) < 4.78 is 0. The first-order valence-electron chi connectivity index (χ1n) is 1.82. The molecule has 0 fully saturated rings. The van der Waals surface area contributed by atoms with Gasteiger partial charge < -0.3 is 5.11 Å². The first-order chi connectivity index (χ1) is 2.81. The van der Waals surface area contributed by atoms with Gasteiger partial charge in [0.05, 0.1) is 6.10 Å². The molecular weight excluding hydrogens is 76.1 g/mol. The highest BCUT2D eigenvalue weighted by molar-refractivity contribution is 4.77.